The van der Waals surface area contributed by atoms with Crippen molar-refractivity contribution in [1.29, 1.82) is 0 Å². The molecule has 262 valence electrons. The van der Waals surface area contributed by atoms with Crippen molar-refractivity contribution < 1.29 is 38.1 Å². The SMILES string of the molecule is C#CCOCCOCCOCCOCCNC(=O)c1ncn(-c2nccc3c(C(=O)C(=O)N4CCN(C(=O)c5ccccc5)CC4)c[nH]c23)n1. The average Bonchev–Trinajstić information content (AvgIpc) is 3.83. The topological polar surface area (TPSA) is 183 Å². The first-order valence-corrected chi connectivity index (χ1v) is 16.1. The van der Waals surface area contributed by atoms with Gasteiger partial charge in [-0.1, -0.05) is 24.1 Å². The van der Waals surface area contributed by atoms with Gasteiger partial charge in [0.2, 0.25) is 5.82 Å². The fourth-order valence-electron chi connectivity index (χ4n) is 5.11. The summed E-state index contributed by atoms with van der Waals surface area (Å²) in [7, 11) is 0. The molecule has 1 saturated heterocycles. The third-order valence-electron chi connectivity index (χ3n) is 7.64. The summed E-state index contributed by atoms with van der Waals surface area (Å²) in [6.07, 6.45) is 9.36. The molecule has 0 aliphatic carbocycles. The second-order valence-corrected chi connectivity index (χ2v) is 10.9. The molecule has 0 bridgehead atoms. The number of nitrogens with one attached hydrogen (secondary N) is 2. The number of hydrogen-bond acceptors (Lipinski definition) is 11. The number of carbonyl (C=O) groups is 4. The number of ketones is 1. The highest BCUT2D eigenvalue weighted by Crippen LogP contribution is 2.23. The Morgan fingerprint density at radius 3 is 2.20 bits per heavy atom. The molecule has 1 fully saturated rings. The third kappa shape index (κ3) is 9.36. The van der Waals surface area contributed by atoms with Crippen LogP contribution in [0.3, 0.4) is 0 Å². The summed E-state index contributed by atoms with van der Waals surface area (Å²) in [5.74, 6) is 0.632. The van der Waals surface area contributed by atoms with Crippen LogP contribution in [0.25, 0.3) is 16.7 Å². The number of piperazine rings is 1. The molecule has 0 saturated carbocycles. The molecule has 3 aromatic heterocycles. The fourth-order valence-corrected chi connectivity index (χ4v) is 5.11. The van der Waals surface area contributed by atoms with Gasteiger partial charge in [-0.15, -0.1) is 11.5 Å². The van der Waals surface area contributed by atoms with Crippen molar-refractivity contribution in [2.45, 2.75) is 0 Å². The molecule has 50 heavy (non-hydrogen) atoms. The van der Waals surface area contributed by atoms with Crippen LogP contribution < -0.4 is 5.32 Å². The van der Waals surface area contributed by atoms with E-state index < -0.39 is 17.6 Å². The van der Waals surface area contributed by atoms with E-state index in [1.807, 2.05) is 6.07 Å². The Balaban J connectivity index is 1.06. The Morgan fingerprint density at radius 1 is 0.840 bits per heavy atom. The maximum absolute atomic E-state index is 13.3. The number of aromatic nitrogens is 5. The standard InChI is InChI=1S/C34H38N8O8/c1-2-15-47-17-19-49-21-22-50-20-18-48-16-10-36-32(44)30-38-24-42(39-30)31-28-26(8-9-35-31)27(23-37-28)29(43)34(46)41-13-11-40(12-14-41)33(45)25-6-4-3-5-7-25/h1,3-9,23-24,37H,10-22H2,(H,36,44). The summed E-state index contributed by atoms with van der Waals surface area (Å²) >= 11 is 0. The molecule has 5 rings (SSSR count). The van der Waals surface area contributed by atoms with E-state index >= 15 is 0 Å². The van der Waals surface area contributed by atoms with Crippen LogP contribution >= 0.6 is 0 Å². The largest absolute Gasteiger partial charge is 0.377 e. The van der Waals surface area contributed by atoms with E-state index in [1.165, 1.54) is 28.3 Å². The second kappa shape index (κ2) is 18.3. The molecule has 1 aromatic carbocycles. The average molecular weight is 687 g/mol. The highest BCUT2D eigenvalue weighted by atomic mass is 16.6. The van der Waals surface area contributed by atoms with Gasteiger partial charge in [-0.25, -0.2) is 9.97 Å². The lowest BCUT2D eigenvalue weighted by molar-refractivity contribution is -0.127. The van der Waals surface area contributed by atoms with Crippen molar-refractivity contribution in [2.75, 3.05) is 85.6 Å². The molecule has 4 heterocycles. The Hall–Kier alpha value is -5.47. The van der Waals surface area contributed by atoms with Gasteiger partial charge >= 0.3 is 0 Å². The molecule has 16 heteroatoms. The Labute approximate surface area is 288 Å². The van der Waals surface area contributed by atoms with Gasteiger partial charge in [0.25, 0.3) is 23.5 Å². The van der Waals surface area contributed by atoms with Gasteiger partial charge in [0.05, 0.1) is 57.3 Å². The Morgan fingerprint density at radius 2 is 1.50 bits per heavy atom. The van der Waals surface area contributed by atoms with E-state index in [2.05, 4.69) is 31.3 Å². The molecule has 0 atom stereocenters. The number of rotatable bonds is 18. The van der Waals surface area contributed by atoms with Crippen LogP contribution in [-0.4, -0.2) is 144 Å². The number of H-pyrrole nitrogens is 1. The summed E-state index contributed by atoms with van der Waals surface area (Å²) in [6, 6.07) is 10.6. The van der Waals surface area contributed by atoms with Crippen molar-refractivity contribution in [2.24, 2.45) is 0 Å². The van der Waals surface area contributed by atoms with Crippen molar-refractivity contribution >= 4 is 34.4 Å². The first-order valence-electron chi connectivity index (χ1n) is 16.1. The maximum atomic E-state index is 13.3. The van der Waals surface area contributed by atoms with Gasteiger partial charge in [-0.3, -0.25) is 19.2 Å². The zero-order valence-corrected chi connectivity index (χ0v) is 27.4. The first-order chi connectivity index (χ1) is 24.5. The maximum Gasteiger partial charge on any atom is 0.295 e. The number of benzene rings is 1. The van der Waals surface area contributed by atoms with Crippen LogP contribution in [0.5, 0.6) is 0 Å². The van der Waals surface area contributed by atoms with E-state index in [1.54, 1.807) is 35.2 Å². The van der Waals surface area contributed by atoms with Gasteiger partial charge in [0.15, 0.2) is 5.82 Å². The molecule has 0 radical (unpaired) electrons. The number of amides is 3. The van der Waals surface area contributed by atoms with E-state index in [0.717, 1.165) is 0 Å². The zero-order valence-electron chi connectivity index (χ0n) is 27.4. The van der Waals surface area contributed by atoms with Crippen molar-refractivity contribution in [3.8, 4) is 18.2 Å². The molecule has 0 spiro atoms. The van der Waals surface area contributed by atoms with Crippen LogP contribution in [-0.2, 0) is 23.7 Å². The van der Waals surface area contributed by atoms with E-state index in [-0.39, 0.29) is 50.1 Å². The smallest absolute Gasteiger partial charge is 0.295 e. The Kier molecular flexibility index (Phi) is 13.1. The van der Waals surface area contributed by atoms with Gasteiger partial charge in [0, 0.05) is 56.1 Å². The van der Waals surface area contributed by atoms with Gasteiger partial charge in [-0.2, -0.15) is 4.68 Å². The monoisotopic (exact) mass is 686 g/mol. The summed E-state index contributed by atoms with van der Waals surface area (Å²) in [4.78, 5) is 66.5. The number of ether oxygens (including phenoxy) is 4. The Bertz CT molecular complexity index is 1790. The quantitative estimate of drug-likeness (QED) is 0.0652. The number of terminal acetylenes is 1. The van der Waals surface area contributed by atoms with Crippen molar-refractivity contribution in [1.82, 2.24) is 39.8 Å². The normalized spacial score (nSPS) is 12.9. The number of nitrogens with zero attached hydrogens (tertiary/aromatic N) is 6. The van der Waals surface area contributed by atoms with Crippen LogP contribution in [0.15, 0.2) is 55.1 Å². The number of Topliss-reactive ketones (excluding diaryl/α,β-unsaturated/α-hetero) is 1. The summed E-state index contributed by atoms with van der Waals surface area (Å²) in [6.45, 7) is 4.34. The van der Waals surface area contributed by atoms with E-state index in [0.29, 0.717) is 75.0 Å². The van der Waals surface area contributed by atoms with Crippen molar-refractivity contribution in [3.63, 3.8) is 0 Å². The lowest BCUT2D eigenvalue weighted by atomic mass is 10.1. The van der Waals surface area contributed by atoms with Crippen LogP contribution in [0.4, 0.5) is 0 Å². The first kappa shape index (κ1) is 35.8. The third-order valence-corrected chi connectivity index (χ3v) is 7.64. The molecular weight excluding hydrogens is 648 g/mol. The molecule has 3 amide bonds. The summed E-state index contributed by atoms with van der Waals surface area (Å²) in [5, 5.41) is 7.41. The minimum absolute atomic E-state index is 0.0836. The minimum atomic E-state index is -0.684. The number of hydrogen-bond donors (Lipinski definition) is 2. The van der Waals surface area contributed by atoms with Crippen LogP contribution in [0.2, 0.25) is 0 Å². The lowest BCUT2D eigenvalue weighted by Crippen LogP contribution is -2.52. The van der Waals surface area contributed by atoms with E-state index in [4.69, 9.17) is 25.4 Å². The van der Waals surface area contributed by atoms with Gasteiger partial charge in [-0.05, 0) is 18.2 Å². The van der Waals surface area contributed by atoms with Crippen LogP contribution in [0, 0.1) is 12.3 Å². The summed E-state index contributed by atoms with van der Waals surface area (Å²) < 4.78 is 22.6. The van der Waals surface area contributed by atoms with E-state index in [9.17, 15) is 19.2 Å². The lowest BCUT2D eigenvalue weighted by Gasteiger charge is -2.34. The minimum Gasteiger partial charge on any atom is -0.377 e. The van der Waals surface area contributed by atoms with Crippen molar-refractivity contribution in [3.05, 3.63) is 72.1 Å². The second-order valence-electron chi connectivity index (χ2n) is 10.9. The molecule has 1 aliphatic heterocycles. The van der Waals surface area contributed by atoms with Gasteiger partial charge in [0.1, 0.15) is 12.9 Å². The predicted molar refractivity (Wildman–Crippen MR) is 179 cm³/mol. The number of carbonyl (C=O) groups excluding carboxylic acids is 4. The van der Waals surface area contributed by atoms with Gasteiger partial charge < -0.3 is 39.0 Å². The number of aromatic amines is 1. The number of pyridine rings is 1. The molecule has 1 aliphatic rings. The highest BCUT2D eigenvalue weighted by Gasteiger charge is 2.30. The predicted octanol–water partition coefficient (Wildman–Crippen LogP) is 0.740. The zero-order chi connectivity index (χ0) is 35.1. The summed E-state index contributed by atoms with van der Waals surface area (Å²) in [5.41, 5.74) is 1.19. The number of fused-ring (bicyclic) bond motifs is 1. The molecule has 16 nitrogen and oxygen atoms in total. The fraction of sp³-hybridized carbons (Fsp3) is 0.382. The highest BCUT2D eigenvalue weighted by molar-refractivity contribution is 6.45. The van der Waals surface area contributed by atoms with Crippen LogP contribution in [0.1, 0.15) is 31.3 Å². The molecule has 0 unspecified atom stereocenters. The molecule has 2 N–H and O–H groups in total. The molecular formula is C34H38N8O8. The molecule has 4 aromatic rings.